The van der Waals surface area contributed by atoms with E-state index in [9.17, 15) is 4.39 Å². The van der Waals surface area contributed by atoms with E-state index < -0.39 is 0 Å². The Morgan fingerprint density at radius 1 is 1.38 bits per heavy atom. The first-order valence-electron chi connectivity index (χ1n) is 5.82. The Morgan fingerprint density at radius 2 is 2.24 bits per heavy atom. The minimum atomic E-state index is -0.389. The van der Waals surface area contributed by atoms with Crippen LogP contribution < -0.4 is 0 Å². The van der Waals surface area contributed by atoms with Crippen molar-refractivity contribution in [2.75, 3.05) is 0 Å². The molecule has 0 bridgehead atoms. The summed E-state index contributed by atoms with van der Waals surface area (Å²) in [5.74, 6) is 0.217. The summed E-state index contributed by atoms with van der Waals surface area (Å²) in [7, 11) is 0. The maximum Gasteiger partial charge on any atom is 0.269 e. The molecule has 1 aromatic carbocycles. The van der Waals surface area contributed by atoms with Crippen molar-refractivity contribution in [2.45, 2.75) is 0 Å². The molecular formula is C14H7BrClFN2OS. The average molecular weight is 386 g/mol. The summed E-state index contributed by atoms with van der Waals surface area (Å²) in [6.45, 7) is 0. The third-order valence-corrected chi connectivity index (χ3v) is 4.10. The molecule has 0 fully saturated rings. The molecule has 106 valence electrons. The van der Waals surface area contributed by atoms with Gasteiger partial charge in [-0.05, 0) is 29.7 Å². The second kappa shape index (κ2) is 6.09. The summed E-state index contributed by atoms with van der Waals surface area (Å²) in [6, 6.07) is 6.58. The van der Waals surface area contributed by atoms with Crippen LogP contribution in [0.2, 0.25) is 0 Å². The molecule has 0 amide bonds. The van der Waals surface area contributed by atoms with Gasteiger partial charge in [-0.1, -0.05) is 38.8 Å². The van der Waals surface area contributed by atoms with Crippen LogP contribution in [-0.4, -0.2) is 10.1 Å². The maximum atomic E-state index is 13.8. The number of benzene rings is 1. The predicted octanol–water partition coefficient (Wildman–Crippen LogP) is 5.44. The van der Waals surface area contributed by atoms with Gasteiger partial charge < -0.3 is 4.52 Å². The van der Waals surface area contributed by atoms with Gasteiger partial charge in [0.05, 0.1) is 0 Å². The van der Waals surface area contributed by atoms with Crippen LogP contribution in [0.15, 0.2) is 44.0 Å². The highest BCUT2D eigenvalue weighted by atomic mass is 79.9. The molecule has 0 radical (unpaired) electrons. The summed E-state index contributed by atoms with van der Waals surface area (Å²) >= 11 is 10.9. The fourth-order valence-electron chi connectivity index (χ4n) is 1.65. The van der Waals surface area contributed by atoms with Crippen LogP contribution >= 0.6 is 38.9 Å². The van der Waals surface area contributed by atoms with Gasteiger partial charge in [-0.2, -0.15) is 16.3 Å². The number of hydrogen-bond acceptors (Lipinski definition) is 4. The van der Waals surface area contributed by atoms with E-state index >= 15 is 0 Å². The van der Waals surface area contributed by atoms with Crippen LogP contribution in [0.5, 0.6) is 0 Å². The predicted molar refractivity (Wildman–Crippen MR) is 85.4 cm³/mol. The van der Waals surface area contributed by atoms with Gasteiger partial charge in [-0.3, -0.25) is 0 Å². The lowest BCUT2D eigenvalue weighted by Gasteiger charge is -1.98. The zero-order valence-corrected chi connectivity index (χ0v) is 13.5. The topological polar surface area (TPSA) is 38.9 Å². The Labute approximate surface area is 137 Å². The van der Waals surface area contributed by atoms with E-state index in [-0.39, 0.29) is 16.7 Å². The van der Waals surface area contributed by atoms with Gasteiger partial charge >= 0.3 is 0 Å². The van der Waals surface area contributed by atoms with E-state index in [4.69, 9.17) is 16.1 Å². The molecule has 7 heteroatoms. The zero-order valence-electron chi connectivity index (χ0n) is 10.4. The quantitative estimate of drug-likeness (QED) is 0.603. The van der Waals surface area contributed by atoms with Crippen molar-refractivity contribution >= 4 is 50.0 Å². The Morgan fingerprint density at radius 3 is 2.95 bits per heavy atom. The van der Waals surface area contributed by atoms with Gasteiger partial charge in [0.25, 0.3) is 5.89 Å². The molecule has 0 aliphatic carbocycles. The van der Waals surface area contributed by atoms with Crippen molar-refractivity contribution in [1.29, 1.82) is 0 Å². The van der Waals surface area contributed by atoms with Gasteiger partial charge in [0.2, 0.25) is 5.82 Å². The lowest BCUT2D eigenvalue weighted by Crippen LogP contribution is -1.84. The van der Waals surface area contributed by atoms with Gasteiger partial charge in [0.15, 0.2) is 0 Å². The molecule has 2 aromatic heterocycles. The first-order valence-corrected chi connectivity index (χ1v) is 7.94. The smallest absolute Gasteiger partial charge is 0.269 e. The summed E-state index contributed by atoms with van der Waals surface area (Å²) in [6.07, 6.45) is 1.45. The molecule has 0 aliphatic heterocycles. The molecule has 0 spiro atoms. The number of hydrogen-bond donors (Lipinski definition) is 0. The number of thiophene rings is 1. The Kier molecular flexibility index (Phi) is 4.19. The van der Waals surface area contributed by atoms with Crippen molar-refractivity contribution in [3.63, 3.8) is 0 Å². The highest BCUT2D eigenvalue weighted by Crippen LogP contribution is 2.26. The van der Waals surface area contributed by atoms with Crippen molar-refractivity contribution < 1.29 is 8.91 Å². The SMILES string of the molecule is Fc1cc(Br)ccc1C=C(Cl)c1nc(-c2ccsc2)no1. The highest BCUT2D eigenvalue weighted by Gasteiger charge is 2.12. The molecule has 0 N–H and O–H groups in total. The van der Waals surface area contributed by atoms with E-state index in [1.807, 2.05) is 16.8 Å². The van der Waals surface area contributed by atoms with Crippen molar-refractivity contribution in [2.24, 2.45) is 0 Å². The van der Waals surface area contributed by atoms with E-state index in [2.05, 4.69) is 26.1 Å². The van der Waals surface area contributed by atoms with E-state index in [1.165, 1.54) is 23.5 Å². The fraction of sp³-hybridized carbons (Fsp3) is 0. The third-order valence-electron chi connectivity index (χ3n) is 2.65. The van der Waals surface area contributed by atoms with Gasteiger partial charge in [0.1, 0.15) is 10.8 Å². The monoisotopic (exact) mass is 384 g/mol. The van der Waals surface area contributed by atoms with Gasteiger partial charge in [0, 0.05) is 21.0 Å². The molecule has 3 nitrogen and oxygen atoms in total. The number of rotatable bonds is 3. The number of aromatic nitrogens is 2. The largest absolute Gasteiger partial charge is 0.333 e. The molecule has 0 atom stereocenters. The molecule has 3 aromatic rings. The van der Waals surface area contributed by atoms with Crippen molar-refractivity contribution in [3.05, 3.63) is 56.8 Å². The molecule has 0 saturated carbocycles. The Hall–Kier alpha value is -1.50. The van der Waals surface area contributed by atoms with Crippen LogP contribution in [-0.2, 0) is 0 Å². The van der Waals surface area contributed by atoms with Gasteiger partial charge in [-0.25, -0.2) is 4.39 Å². The Balaban J connectivity index is 1.91. The molecular weight excluding hydrogens is 379 g/mol. The maximum absolute atomic E-state index is 13.8. The van der Waals surface area contributed by atoms with Crippen molar-refractivity contribution in [1.82, 2.24) is 10.1 Å². The number of halogens is 3. The second-order valence-corrected chi connectivity index (χ2v) is 6.20. The summed E-state index contributed by atoms with van der Waals surface area (Å²) < 4.78 is 19.5. The van der Waals surface area contributed by atoms with Crippen LogP contribution in [0.1, 0.15) is 11.5 Å². The van der Waals surface area contributed by atoms with Gasteiger partial charge in [-0.15, -0.1) is 0 Å². The first kappa shape index (κ1) is 14.4. The molecule has 0 aliphatic rings. The zero-order chi connectivity index (χ0) is 14.8. The molecule has 2 heterocycles. The number of nitrogens with zero attached hydrogens (tertiary/aromatic N) is 2. The molecule has 3 rings (SSSR count). The standard InChI is InChI=1S/C14H7BrClFN2OS/c15-10-2-1-8(12(17)6-10)5-11(16)14-18-13(19-20-14)9-3-4-21-7-9/h1-7H. The normalized spacial score (nSPS) is 11.9. The third kappa shape index (κ3) is 3.23. The molecule has 0 saturated heterocycles. The minimum absolute atomic E-state index is 0.153. The lowest BCUT2D eigenvalue weighted by atomic mass is 10.2. The van der Waals surface area contributed by atoms with E-state index in [0.29, 0.717) is 15.9 Å². The van der Waals surface area contributed by atoms with Crippen LogP contribution in [0.4, 0.5) is 4.39 Å². The van der Waals surface area contributed by atoms with Crippen LogP contribution in [0.3, 0.4) is 0 Å². The van der Waals surface area contributed by atoms with Crippen LogP contribution in [0, 0.1) is 5.82 Å². The summed E-state index contributed by atoms with van der Waals surface area (Å²) in [5, 5.41) is 7.86. The average Bonchev–Trinajstić information content (AvgIpc) is 3.10. The van der Waals surface area contributed by atoms with E-state index in [1.54, 1.807) is 12.1 Å². The molecule has 0 unspecified atom stereocenters. The summed E-state index contributed by atoms with van der Waals surface area (Å²) in [5.41, 5.74) is 1.20. The van der Waals surface area contributed by atoms with Crippen LogP contribution in [0.25, 0.3) is 22.5 Å². The summed E-state index contributed by atoms with van der Waals surface area (Å²) in [4.78, 5) is 4.19. The Bertz CT molecular complexity index is 801. The second-order valence-electron chi connectivity index (χ2n) is 4.09. The first-order chi connectivity index (χ1) is 10.1. The minimum Gasteiger partial charge on any atom is -0.333 e. The van der Waals surface area contributed by atoms with E-state index in [0.717, 1.165) is 5.56 Å². The highest BCUT2D eigenvalue weighted by molar-refractivity contribution is 9.10. The lowest BCUT2D eigenvalue weighted by molar-refractivity contribution is 0.410. The fourth-order valence-corrected chi connectivity index (χ4v) is 2.81. The van der Waals surface area contributed by atoms with Crippen molar-refractivity contribution in [3.8, 4) is 11.4 Å². The molecule has 21 heavy (non-hydrogen) atoms.